The first-order chi connectivity index (χ1) is 13.9. The maximum atomic E-state index is 12.5. The molecule has 0 unspecified atom stereocenters. The molecular weight excluding hydrogens is 390 g/mol. The van der Waals surface area contributed by atoms with Gasteiger partial charge >= 0.3 is 0 Å². The summed E-state index contributed by atoms with van der Waals surface area (Å²) in [5.41, 5.74) is 0.947. The second-order valence-corrected chi connectivity index (χ2v) is 10.1. The molecule has 0 radical (unpaired) electrons. The summed E-state index contributed by atoms with van der Waals surface area (Å²) in [6, 6.07) is 6.86. The summed E-state index contributed by atoms with van der Waals surface area (Å²) in [6.07, 6.45) is 5.95. The van der Waals surface area contributed by atoms with Crippen LogP contribution in [0.3, 0.4) is 0 Å². The molecule has 158 valence electrons. The number of piperazine rings is 1. The van der Waals surface area contributed by atoms with Crippen molar-refractivity contribution in [3.8, 4) is 0 Å². The zero-order chi connectivity index (χ0) is 20.4. The van der Waals surface area contributed by atoms with E-state index in [4.69, 9.17) is 0 Å². The van der Waals surface area contributed by atoms with E-state index >= 15 is 0 Å². The molecule has 1 saturated heterocycles. The third-order valence-electron chi connectivity index (χ3n) is 6.16. The smallest absolute Gasteiger partial charge is 0.240 e. The van der Waals surface area contributed by atoms with Crippen molar-refractivity contribution in [3.05, 3.63) is 29.8 Å². The van der Waals surface area contributed by atoms with E-state index in [1.807, 2.05) is 9.80 Å². The number of amides is 2. The first-order valence-corrected chi connectivity index (χ1v) is 12.1. The summed E-state index contributed by atoms with van der Waals surface area (Å²) in [4.78, 5) is 28.8. The van der Waals surface area contributed by atoms with Crippen molar-refractivity contribution in [3.63, 3.8) is 0 Å². The Hall–Kier alpha value is -1.93. The van der Waals surface area contributed by atoms with Crippen LogP contribution in [0, 0.1) is 5.92 Å². The molecule has 1 aromatic rings. The summed E-state index contributed by atoms with van der Waals surface area (Å²) < 4.78 is 27.1. The fourth-order valence-electron chi connectivity index (χ4n) is 3.82. The average Bonchev–Trinajstić information content (AvgIpc) is 3.48. The first kappa shape index (κ1) is 20.3. The van der Waals surface area contributed by atoms with Gasteiger partial charge in [-0.25, -0.2) is 13.1 Å². The maximum absolute atomic E-state index is 12.5. The maximum Gasteiger partial charge on any atom is 0.240 e. The number of hydrogen-bond donors (Lipinski definition) is 1. The zero-order valence-corrected chi connectivity index (χ0v) is 17.5. The summed E-state index contributed by atoms with van der Waals surface area (Å²) >= 11 is 0. The molecule has 8 heteroatoms. The summed E-state index contributed by atoms with van der Waals surface area (Å²) in [5, 5.41) is 0. The molecule has 0 atom stereocenters. The molecule has 4 rings (SSSR count). The Bertz CT molecular complexity index is 852. The van der Waals surface area contributed by atoms with Crippen molar-refractivity contribution in [1.82, 2.24) is 14.5 Å². The molecule has 3 aliphatic rings. The van der Waals surface area contributed by atoms with Crippen LogP contribution in [0.25, 0.3) is 0 Å². The monoisotopic (exact) mass is 419 g/mol. The predicted octanol–water partition coefficient (Wildman–Crippen LogP) is 1.53. The van der Waals surface area contributed by atoms with Gasteiger partial charge in [0.25, 0.3) is 0 Å². The molecule has 1 heterocycles. The highest BCUT2D eigenvalue weighted by atomic mass is 32.2. The quantitative estimate of drug-likeness (QED) is 0.726. The van der Waals surface area contributed by atoms with Crippen LogP contribution in [0.2, 0.25) is 0 Å². The van der Waals surface area contributed by atoms with E-state index < -0.39 is 10.0 Å². The Morgan fingerprint density at radius 3 is 2.10 bits per heavy atom. The predicted molar refractivity (Wildman–Crippen MR) is 109 cm³/mol. The third kappa shape index (κ3) is 4.98. The molecule has 2 aliphatic carbocycles. The number of rotatable bonds is 7. The van der Waals surface area contributed by atoms with Gasteiger partial charge in [-0.05, 0) is 49.8 Å². The van der Waals surface area contributed by atoms with Crippen LogP contribution in [0.1, 0.15) is 44.1 Å². The normalized spacial score (nSPS) is 20.4. The fraction of sp³-hybridized carbons (Fsp3) is 0.619. The van der Waals surface area contributed by atoms with Crippen molar-refractivity contribution >= 4 is 21.8 Å². The van der Waals surface area contributed by atoms with Gasteiger partial charge in [-0.2, -0.15) is 0 Å². The van der Waals surface area contributed by atoms with E-state index in [-0.39, 0.29) is 28.7 Å². The molecule has 0 bridgehead atoms. The number of hydrogen-bond acceptors (Lipinski definition) is 4. The largest absolute Gasteiger partial charge is 0.339 e. The summed E-state index contributed by atoms with van der Waals surface area (Å²) in [7, 11) is -3.44. The molecule has 7 nitrogen and oxygen atoms in total. The second-order valence-electron chi connectivity index (χ2n) is 8.37. The highest BCUT2D eigenvalue weighted by Crippen LogP contribution is 2.28. The molecule has 1 aliphatic heterocycles. The topological polar surface area (TPSA) is 86.8 Å². The van der Waals surface area contributed by atoms with E-state index in [0.29, 0.717) is 39.0 Å². The molecule has 2 amide bonds. The number of nitrogens with zero attached hydrogens (tertiary/aromatic N) is 2. The Morgan fingerprint density at radius 2 is 1.55 bits per heavy atom. The number of nitrogens with one attached hydrogen (secondary N) is 1. The van der Waals surface area contributed by atoms with E-state index in [1.54, 1.807) is 24.3 Å². The lowest BCUT2D eigenvalue weighted by molar-refractivity contribution is -0.144. The van der Waals surface area contributed by atoms with Crippen molar-refractivity contribution in [2.45, 2.75) is 55.9 Å². The molecule has 29 heavy (non-hydrogen) atoms. The van der Waals surface area contributed by atoms with Crippen molar-refractivity contribution in [2.75, 3.05) is 26.2 Å². The van der Waals surface area contributed by atoms with Gasteiger partial charge in [0.05, 0.1) is 4.90 Å². The van der Waals surface area contributed by atoms with Gasteiger partial charge in [0, 0.05) is 44.6 Å². The fourth-order valence-corrected chi connectivity index (χ4v) is 5.13. The minimum Gasteiger partial charge on any atom is -0.339 e. The third-order valence-corrected chi connectivity index (χ3v) is 7.70. The van der Waals surface area contributed by atoms with Crippen molar-refractivity contribution in [1.29, 1.82) is 0 Å². The van der Waals surface area contributed by atoms with Crippen LogP contribution in [-0.4, -0.2) is 62.3 Å². The SMILES string of the molecule is O=C(CCc1ccc(S(=O)(=O)NC2CC2)cc1)N1CCN(C(=O)C2CCC2)CC1. The van der Waals surface area contributed by atoms with Crippen LogP contribution in [0.4, 0.5) is 0 Å². The minimum absolute atomic E-state index is 0.0850. The number of aryl methyl sites for hydroxylation is 1. The number of carbonyl (C=O) groups excluding carboxylic acids is 2. The Balaban J connectivity index is 1.23. The minimum atomic E-state index is -3.44. The lowest BCUT2D eigenvalue weighted by Gasteiger charge is -2.38. The Morgan fingerprint density at radius 1 is 0.931 bits per heavy atom. The van der Waals surface area contributed by atoms with Crippen LogP contribution in [0.5, 0.6) is 0 Å². The molecule has 0 aromatic heterocycles. The standard InChI is InChI=1S/C21H29N3O4S/c25-20(23-12-14-24(15-13-23)21(26)17-2-1-3-17)11-6-16-4-9-19(10-5-16)29(27,28)22-18-7-8-18/h4-5,9-10,17-18,22H,1-3,6-8,11-15H2. The first-order valence-electron chi connectivity index (χ1n) is 10.6. The van der Waals surface area contributed by atoms with E-state index in [0.717, 1.165) is 37.7 Å². The summed E-state index contributed by atoms with van der Waals surface area (Å²) in [6.45, 7) is 2.45. The molecular formula is C21H29N3O4S. The highest BCUT2D eigenvalue weighted by molar-refractivity contribution is 7.89. The second kappa shape index (κ2) is 8.44. The van der Waals surface area contributed by atoms with Crippen molar-refractivity contribution < 1.29 is 18.0 Å². The molecule has 0 spiro atoms. The molecule has 1 N–H and O–H groups in total. The number of benzene rings is 1. The number of sulfonamides is 1. The van der Waals surface area contributed by atoms with Crippen LogP contribution >= 0.6 is 0 Å². The number of carbonyl (C=O) groups is 2. The van der Waals surface area contributed by atoms with Crippen LogP contribution < -0.4 is 4.72 Å². The zero-order valence-electron chi connectivity index (χ0n) is 16.7. The van der Waals surface area contributed by atoms with E-state index in [9.17, 15) is 18.0 Å². The van der Waals surface area contributed by atoms with Crippen LogP contribution in [-0.2, 0) is 26.0 Å². The lowest BCUT2D eigenvalue weighted by atomic mass is 9.84. The van der Waals surface area contributed by atoms with E-state index in [2.05, 4.69) is 4.72 Å². The molecule has 1 aromatic carbocycles. The Kier molecular flexibility index (Phi) is 5.92. The molecule has 2 saturated carbocycles. The van der Waals surface area contributed by atoms with Gasteiger partial charge in [-0.1, -0.05) is 18.6 Å². The van der Waals surface area contributed by atoms with Gasteiger partial charge in [0.15, 0.2) is 0 Å². The van der Waals surface area contributed by atoms with Gasteiger partial charge in [0.1, 0.15) is 0 Å². The van der Waals surface area contributed by atoms with Crippen LogP contribution in [0.15, 0.2) is 29.2 Å². The van der Waals surface area contributed by atoms with Gasteiger partial charge in [-0.15, -0.1) is 0 Å². The molecule has 3 fully saturated rings. The van der Waals surface area contributed by atoms with E-state index in [1.165, 1.54) is 0 Å². The van der Waals surface area contributed by atoms with Gasteiger partial charge in [0.2, 0.25) is 21.8 Å². The average molecular weight is 420 g/mol. The highest BCUT2D eigenvalue weighted by Gasteiger charge is 2.32. The lowest BCUT2D eigenvalue weighted by Crippen LogP contribution is -2.52. The van der Waals surface area contributed by atoms with Crippen molar-refractivity contribution in [2.24, 2.45) is 5.92 Å². The van der Waals surface area contributed by atoms with Gasteiger partial charge < -0.3 is 9.80 Å². The Labute approximate surface area is 172 Å². The summed E-state index contributed by atoms with van der Waals surface area (Å²) in [5.74, 6) is 0.561. The van der Waals surface area contributed by atoms with Gasteiger partial charge in [-0.3, -0.25) is 9.59 Å².